The standard InChI is InChI=1S/C17H20FNO/c1-13(11-14-7-9-16(18)10-8-14)19-17(12-20)15-5-3-2-4-6-15/h2-10,13,17,19-20H,11-12H2,1H3/t13?,17-/m1/s1. The molecule has 0 heterocycles. The van der Waals surface area contributed by atoms with Crippen molar-refractivity contribution in [2.75, 3.05) is 6.61 Å². The van der Waals surface area contributed by atoms with Crippen molar-refractivity contribution in [1.29, 1.82) is 0 Å². The molecule has 3 heteroatoms. The predicted molar refractivity (Wildman–Crippen MR) is 79.0 cm³/mol. The lowest BCUT2D eigenvalue weighted by atomic mass is 10.0. The fourth-order valence-corrected chi connectivity index (χ4v) is 2.32. The van der Waals surface area contributed by atoms with Crippen LogP contribution < -0.4 is 5.32 Å². The Kier molecular flexibility index (Phi) is 5.27. The van der Waals surface area contributed by atoms with Crippen molar-refractivity contribution in [2.45, 2.75) is 25.4 Å². The molecule has 1 unspecified atom stereocenters. The van der Waals surface area contributed by atoms with Crippen LogP contribution in [0.1, 0.15) is 24.1 Å². The number of halogens is 1. The molecule has 0 bridgehead atoms. The van der Waals surface area contributed by atoms with E-state index in [0.29, 0.717) is 0 Å². The van der Waals surface area contributed by atoms with Crippen molar-refractivity contribution in [3.05, 3.63) is 71.5 Å². The van der Waals surface area contributed by atoms with Gasteiger partial charge in [0.15, 0.2) is 0 Å². The summed E-state index contributed by atoms with van der Waals surface area (Å²) in [7, 11) is 0. The SMILES string of the molecule is CC(Cc1ccc(F)cc1)N[C@H](CO)c1ccccc1. The molecule has 0 saturated heterocycles. The van der Waals surface area contributed by atoms with Crippen LogP contribution in [-0.4, -0.2) is 17.8 Å². The monoisotopic (exact) mass is 273 g/mol. The van der Waals surface area contributed by atoms with Crippen LogP contribution in [0.3, 0.4) is 0 Å². The van der Waals surface area contributed by atoms with Crippen LogP contribution in [0.25, 0.3) is 0 Å². The van der Waals surface area contributed by atoms with Crippen molar-refractivity contribution in [2.24, 2.45) is 0 Å². The Balaban J connectivity index is 1.95. The normalized spacial score (nSPS) is 13.9. The summed E-state index contributed by atoms with van der Waals surface area (Å²) in [6.07, 6.45) is 0.795. The molecule has 2 aromatic rings. The maximum atomic E-state index is 12.9. The highest BCUT2D eigenvalue weighted by atomic mass is 19.1. The Bertz CT molecular complexity index is 512. The number of aliphatic hydroxyl groups is 1. The maximum Gasteiger partial charge on any atom is 0.123 e. The third-order valence-electron chi connectivity index (χ3n) is 3.33. The van der Waals surface area contributed by atoms with Gasteiger partial charge in [-0.15, -0.1) is 0 Å². The van der Waals surface area contributed by atoms with Crippen LogP contribution >= 0.6 is 0 Å². The first-order valence-electron chi connectivity index (χ1n) is 6.85. The van der Waals surface area contributed by atoms with Gasteiger partial charge in [0.25, 0.3) is 0 Å². The Hall–Kier alpha value is -1.71. The van der Waals surface area contributed by atoms with E-state index in [9.17, 15) is 9.50 Å². The zero-order valence-corrected chi connectivity index (χ0v) is 11.6. The van der Waals surface area contributed by atoms with Gasteiger partial charge >= 0.3 is 0 Å². The number of hydrogen-bond donors (Lipinski definition) is 2. The first-order chi connectivity index (χ1) is 9.69. The second-order valence-electron chi connectivity index (χ2n) is 5.04. The Morgan fingerprint density at radius 3 is 2.30 bits per heavy atom. The van der Waals surface area contributed by atoms with Crippen molar-refractivity contribution in [3.8, 4) is 0 Å². The molecule has 0 radical (unpaired) electrons. The van der Waals surface area contributed by atoms with Crippen molar-refractivity contribution in [1.82, 2.24) is 5.32 Å². The molecule has 0 fully saturated rings. The molecular weight excluding hydrogens is 253 g/mol. The van der Waals surface area contributed by atoms with Crippen LogP contribution in [0.2, 0.25) is 0 Å². The van der Waals surface area contributed by atoms with Crippen molar-refractivity contribution < 1.29 is 9.50 Å². The fraction of sp³-hybridized carbons (Fsp3) is 0.294. The van der Waals surface area contributed by atoms with E-state index in [2.05, 4.69) is 12.2 Å². The zero-order valence-electron chi connectivity index (χ0n) is 11.6. The van der Waals surface area contributed by atoms with Gasteiger partial charge in [-0.05, 0) is 36.6 Å². The van der Waals surface area contributed by atoms with E-state index in [0.717, 1.165) is 17.5 Å². The second-order valence-corrected chi connectivity index (χ2v) is 5.04. The van der Waals surface area contributed by atoms with E-state index in [1.807, 2.05) is 30.3 Å². The topological polar surface area (TPSA) is 32.3 Å². The third kappa shape index (κ3) is 4.15. The van der Waals surface area contributed by atoms with Gasteiger partial charge in [-0.25, -0.2) is 4.39 Å². The van der Waals surface area contributed by atoms with E-state index in [-0.39, 0.29) is 24.5 Å². The Morgan fingerprint density at radius 2 is 1.70 bits per heavy atom. The fourth-order valence-electron chi connectivity index (χ4n) is 2.32. The molecule has 2 aromatic carbocycles. The molecule has 0 aliphatic heterocycles. The molecule has 0 spiro atoms. The molecule has 2 nitrogen and oxygen atoms in total. The smallest absolute Gasteiger partial charge is 0.123 e. The van der Waals surface area contributed by atoms with E-state index >= 15 is 0 Å². The summed E-state index contributed by atoms with van der Waals surface area (Å²) >= 11 is 0. The zero-order chi connectivity index (χ0) is 14.4. The van der Waals surface area contributed by atoms with Gasteiger partial charge in [0, 0.05) is 6.04 Å². The number of benzene rings is 2. The maximum absolute atomic E-state index is 12.9. The average molecular weight is 273 g/mol. The Labute approximate surface area is 119 Å². The van der Waals surface area contributed by atoms with E-state index in [1.165, 1.54) is 12.1 Å². The van der Waals surface area contributed by atoms with Crippen LogP contribution in [0.15, 0.2) is 54.6 Å². The third-order valence-corrected chi connectivity index (χ3v) is 3.33. The van der Waals surface area contributed by atoms with Gasteiger partial charge in [-0.1, -0.05) is 42.5 Å². The van der Waals surface area contributed by atoms with Crippen molar-refractivity contribution >= 4 is 0 Å². The van der Waals surface area contributed by atoms with Gasteiger partial charge in [0.05, 0.1) is 12.6 Å². The summed E-state index contributed by atoms with van der Waals surface area (Å²) in [5.74, 6) is -0.216. The van der Waals surface area contributed by atoms with E-state index < -0.39 is 0 Å². The molecule has 20 heavy (non-hydrogen) atoms. The number of hydrogen-bond acceptors (Lipinski definition) is 2. The highest BCUT2D eigenvalue weighted by Crippen LogP contribution is 2.14. The predicted octanol–water partition coefficient (Wildman–Crippen LogP) is 3.08. The van der Waals surface area contributed by atoms with Crippen LogP contribution in [0.4, 0.5) is 4.39 Å². The number of aliphatic hydroxyl groups excluding tert-OH is 1. The van der Waals surface area contributed by atoms with Gasteiger partial charge in [0.1, 0.15) is 5.82 Å². The summed E-state index contributed by atoms with van der Waals surface area (Å²) in [4.78, 5) is 0. The molecule has 0 aliphatic carbocycles. The van der Waals surface area contributed by atoms with Gasteiger partial charge in [-0.3, -0.25) is 0 Å². The van der Waals surface area contributed by atoms with Crippen LogP contribution in [-0.2, 0) is 6.42 Å². The van der Waals surface area contributed by atoms with Crippen LogP contribution in [0, 0.1) is 5.82 Å². The number of rotatable bonds is 6. The largest absolute Gasteiger partial charge is 0.394 e. The summed E-state index contributed by atoms with van der Waals surface area (Å²) in [5, 5.41) is 12.9. The second kappa shape index (κ2) is 7.17. The van der Waals surface area contributed by atoms with Crippen molar-refractivity contribution in [3.63, 3.8) is 0 Å². The number of nitrogens with one attached hydrogen (secondary N) is 1. The molecule has 106 valence electrons. The summed E-state index contributed by atoms with van der Waals surface area (Å²) in [6, 6.07) is 16.5. The van der Waals surface area contributed by atoms with E-state index in [1.54, 1.807) is 12.1 Å². The quantitative estimate of drug-likeness (QED) is 0.847. The molecule has 0 aliphatic rings. The van der Waals surface area contributed by atoms with Gasteiger partial charge < -0.3 is 10.4 Å². The summed E-state index contributed by atoms with van der Waals surface area (Å²) in [6.45, 7) is 2.12. The highest BCUT2D eigenvalue weighted by Gasteiger charge is 2.13. The first kappa shape index (κ1) is 14.7. The lowest BCUT2D eigenvalue weighted by Crippen LogP contribution is -2.34. The minimum atomic E-state index is -0.216. The first-order valence-corrected chi connectivity index (χ1v) is 6.85. The van der Waals surface area contributed by atoms with Gasteiger partial charge in [0.2, 0.25) is 0 Å². The average Bonchev–Trinajstić information content (AvgIpc) is 2.48. The Morgan fingerprint density at radius 1 is 1.05 bits per heavy atom. The summed E-state index contributed by atoms with van der Waals surface area (Å²) in [5.41, 5.74) is 2.15. The molecule has 0 aromatic heterocycles. The molecule has 0 amide bonds. The van der Waals surface area contributed by atoms with E-state index in [4.69, 9.17) is 0 Å². The van der Waals surface area contributed by atoms with Gasteiger partial charge in [-0.2, -0.15) is 0 Å². The molecular formula is C17H20FNO. The van der Waals surface area contributed by atoms with Crippen LogP contribution in [0.5, 0.6) is 0 Å². The highest BCUT2D eigenvalue weighted by molar-refractivity contribution is 5.20. The molecule has 2 N–H and O–H groups in total. The lowest BCUT2D eigenvalue weighted by Gasteiger charge is -2.22. The summed E-state index contributed by atoms with van der Waals surface area (Å²) < 4.78 is 12.9. The minimum absolute atomic E-state index is 0.0533. The molecule has 2 rings (SSSR count). The molecule has 0 saturated carbocycles. The molecule has 2 atom stereocenters. The minimum Gasteiger partial charge on any atom is -0.394 e. The lowest BCUT2D eigenvalue weighted by molar-refractivity contribution is 0.234.